The lowest BCUT2D eigenvalue weighted by atomic mass is 10.1. The fourth-order valence-corrected chi connectivity index (χ4v) is 3.98. The Labute approximate surface area is 186 Å². The Morgan fingerprint density at radius 3 is 2.75 bits per heavy atom. The number of nitrogens with one attached hydrogen (secondary N) is 1. The maximum Gasteiger partial charge on any atom is 0.258 e. The van der Waals surface area contributed by atoms with Crippen LogP contribution in [0.1, 0.15) is 35.3 Å². The number of hydrogen-bond acceptors (Lipinski definition) is 4. The maximum absolute atomic E-state index is 13.2. The molecule has 0 unspecified atom stereocenters. The molecule has 0 spiro atoms. The molecule has 0 atom stereocenters. The lowest BCUT2D eigenvalue weighted by Crippen LogP contribution is -2.17. The molecule has 2 aromatic heterocycles. The number of amides is 1. The van der Waals surface area contributed by atoms with Gasteiger partial charge in [-0.3, -0.25) is 10.1 Å². The lowest BCUT2D eigenvalue weighted by molar-refractivity contribution is 0.102. The van der Waals surface area contributed by atoms with Crippen LogP contribution in [0.5, 0.6) is 5.75 Å². The molecule has 1 amide bonds. The summed E-state index contributed by atoms with van der Waals surface area (Å²) in [6, 6.07) is 18.9. The van der Waals surface area contributed by atoms with Crippen LogP contribution in [0.4, 0.5) is 5.95 Å². The first-order valence-corrected chi connectivity index (χ1v) is 10.7. The summed E-state index contributed by atoms with van der Waals surface area (Å²) in [4.78, 5) is 22.5. The maximum atomic E-state index is 13.2. The molecule has 0 saturated carbocycles. The zero-order valence-electron chi connectivity index (χ0n) is 17.5. The summed E-state index contributed by atoms with van der Waals surface area (Å²) in [5, 5.41) is 2.99. The number of benzene rings is 2. The van der Waals surface area contributed by atoms with E-state index in [0.29, 0.717) is 29.5 Å². The third-order valence-electron chi connectivity index (χ3n) is 5.56. The van der Waals surface area contributed by atoms with Gasteiger partial charge in [-0.1, -0.05) is 30.2 Å². The first-order chi connectivity index (χ1) is 15.7. The Hall–Kier alpha value is -4.11. The molecule has 2 aromatic carbocycles. The number of para-hydroxylation sites is 3. The van der Waals surface area contributed by atoms with Gasteiger partial charge in [0.25, 0.3) is 5.91 Å². The number of anilines is 1. The quantitative estimate of drug-likeness (QED) is 0.410. The fraction of sp³-hybridized carbons (Fsp3) is 0.192. The highest BCUT2D eigenvalue weighted by Gasteiger charge is 2.17. The predicted molar refractivity (Wildman–Crippen MR) is 125 cm³/mol. The van der Waals surface area contributed by atoms with Crippen molar-refractivity contribution >= 4 is 22.9 Å². The number of aryl methyl sites for hydroxylation is 1. The Morgan fingerprint density at radius 1 is 1.00 bits per heavy atom. The van der Waals surface area contributed by atoms with E-state index in [1.807, 2.05) is 48.5 Å². The van der Waals surface area contributed by atoms with Crippen molar-refractivity contribution in [3.8, 4) is 29.4 Å². The Balaban J connectivity index is 1.62. The highest BCUT2D eigenvalue weighted by Crippen LogP contribution is 2.30. The minimum atomic E-state index is -0.282. The molecule has 2 bridgehead atoms. The van der Waals surface area contributed by atoms with E-state index in [-0.39, 0.29) is 5.91 Å². The number of fused-ring (bicyclic) bond motifs is 7. The molecule has 1 aliphatic rings. The van der Waals surface area contributed by atoms with Crippen LogP contribution in [0.15, 0.2) is 60.7 Å². The third-order valence-corrected chi connectivity index (χ3v) is 5.56. The van der Waals surface area contributed by atoms with Crippen LogP contribution in [-0.2, 0) is 6.54 Å². The minimum Gasteiger partial charge on any atom is -0.493 e. The largest absolute Gasteiger partial charge is 0.493 e. The summed E-state index contributed by atoms with van der Waals surface area (Å²) < 4.78 is 8.14. The number of rotatable bonds is 0. The third kappa shape index (κ3) is 3.81. The van der Waals surface area contributed by atoms with Crippen LogP contribution in [-0.4, -0.2) is 27.0 Å². The van der Waals surface area contributed by atoms with E-state index in [0.717, 1.165) is 48.2 Å². The van der Waals surface area contributed by atoms with Crippen LogP contribution >= 0.6 is 0 Å². The second-order valence-corrected chi connectivity index (χ2v) is 7.71. The van der Waals surface area contributed by atoms with E-state index >= 15 is 0 Å². The Morgan fingerprint density at radius 2 is 1.84 bits per heavy atom. The van der Waals surface area contributed by atoms with E-state index in [4.69, 9.17) is 11.2 Å². The number of terminal acetylenes is 1. The Kier molecular flexibility index (Phi) is 5.30. The summed E-state index contributed by atoms with van der Waals surface area (Å²) >= 11 is 0. The normalized spacial score (nSPS) is 14.2. The number of hydrogen-bond donors (Lipinski definition) is 1. The van der Waals surface area contributed by atoms with Gasteiger partial charge in [0.2, 0.25) is 5.95 Å². The number of imidazole rings is 1. The van der Waals surface area contributed by atoms with Gasteiger partial charge in [-0.05, 0) is 55.7 Å². The lowest BCUT2D eigenvalue weighted by Gasteiger charge is -2.12. The molecule has 6 nitrogen and oxygen atoms in total. The van der Waals surface area contributed by atoms with Crippen LogP contribution in [0.3, 0.4) is 0 Å². The number of carbonyl (C=O) groups excluding carboxylic acids is 1. The molecular weight excluding hydrogens is 400 g/mol. The van der Waals surface area contributed by atoms with Crippen molar-refractivity contribution in [3.05, 3.63) is 71.9 Å². The average molecular weight is 422 g/mol. The molecule has 0 saturated heterocycles. The molecule has 0 aliphatic carbocycles. The predicted octanol–water partition coefficient (Wildman–Crippen LogP) is 4.89. The summed E-state index contributed by atoms with van der Waals surface area (Å²) in [7, 11) is 0. The molecule has 0 radical (unpaired) electrons. The number of aromatic nitrogens is 3. The van der Waals surface area contributed by atoms with E-state index in [1.54, 1.807) is 12.1 Å². The van der Waals surface area contributed by atoms with Crippen molar-refractivity contribution in [1.29, 1.82) is 0 Å². The van der Waals surface area contributed by atoms with Gasteiger partial charge >= 0.3 is 0 Å². The fourth-order valence-electron chi connectivity index (χ4n) is 3.98. The molecule has 1 N–H and O–H groups in total. The van der Waals surface area contributed by atoms with Gasteiger partial charge in [-0.15, -0.1) is 6.42 Å². The number of pyridine rings is 1. The summed E-state index contributed by atoms with van der Waals surface area (Å²) in [6.07, 6.45) is 8.52. The molecule has 32 heavy (non-hydrogen) atoms. The zero-order chi connectivity index (χ0) is 21.9. The number of ether oxygens (including phenoxy) is 1. The van der Waals surface area contributed by atoms with Gasteiger partial charge in [-0.2, -0.15) is 0 Å². The zero-order valence-corrected chi connectivity index (χ0v) is 17.5. The molecule has 1 aliphatic heterocycles. The van der Waals surface area contributed by atoms with Gasteiger partial charge < -0.3 is 9.30 Å². The highest BCUT2D eigenvalue weighted by atomic mass is 16.5. The van der Waals surface area contributed by atoms with E-state index in [2.05, 4.69) is 25.8 Å². The summed E-state index contributed by atoms with van der Waals surface area (Å²) in [5.41, 5.74) is 4.06. The molecule has 3 heterocycles. The topological polar surface area (TPSA) is 69.0 Å². The monoisotopic (exact) mass is 422 g/mol. The number of carbonyl (C=O) groups is 1. The van der Waals surface area contributed by atoms with Crippen LogP contribution in [0.25, 0.3) is 22.3 Å². The Bertz CT molecular complexity index is 1350. The van der Waals surface area contributed by atoms with Crippen molar-refractivity contribution in [2.24, 2.45) is 0 Å². The number of nitrogens with zero attached hydrogens (tertiary/aromatic N) is 3. The van der Waals surface area contributed by atoms with Crippen LogP contribution in [0, 0.1) is 12.3 Å². The molecule has 4 aromatic rings. The smallest absolute Gasteiger partial charge is 0.258 e. The van der Waals surface area contributed by atoms with Crippen molar-refractivity contribution < 1.29 is 9.53 Å². The van der Waals surface area contributed by atoms with Gasteiger partial charge in [-0.25, -0.2) is 9.97 Å². The molecule has 6 heteroatoms. The van der Waals surface area contributed by atoms with Gasteiger partial charge in [0, 0.05) is 17.7 Å². The van der Waals surface area contributed by atoms with Gasteiger partial charge in [0.1, 0.15) is 11.4 Å². The van der Waals surface area contributed by atoms with Crippen molar-refractivity contribution in [3.63, 3.8) is 0 Å². The van der Waals surface area contributed by atoms with Gasteiger partial charge in [0.15, 0.2) is 0 Å². The summed E-state index contributed by atoms with van der Waals surface area (Å²) in [5.74, 6) is 3.54. The first kappa shape index (κ1) is 19.8. The highest BCUT2D eigenvalue weighted by molar-refractivity contribution is 6.05. The van der Waals surface area contributed by atoms with Crippen molar-refractivity contribution in [2.75, 3.05) is 11.9 Å². The second kappa shape index (κ2) is 8.56. The first-order valence-electron chi connectivity index (χ1n) is 10.7. The minimum absolute atomic E-state index is 0.282. The standard InChI is InChI=1S/C26H22N4O2/c1-2-19-16-18-17-22(27-19)20-10-4-7-13-24(20)32-15-9-3-8-14-30-23-12-6-5-11-21(23)28-26(30)29-25(18)31/h1,4-7,10-13,16-17H,3,8-9,14-15H2,(H,28,29,31). The second-order valence-electron chi connectivity index (χ2n) is 7.71. The molecule has 5 rings (SSSR count). The SMILES string of the molecule is C#Cc1cc2cc(n1)-c1ccccc1OCCCCCn1c(nc3ccccc31)NC2=O. The van der Waals surface area contributed by atoms with Crippen molar-refractivity contribution in [1.82, 2.24) is 14.5 Å². The van der Waals surface area contributed by atoms with Crippen LogP contribution in [0.2, 0.25) is 0 Å². The van der Waals surface area contributed by atoms with E-state index in [9.17, 15) is 4.79 Å². The summed E-state index contributed by atoms with van der Waals surface area (Å²) in [6.45, 7) is 1.36. The van der Waals surface area contributed by atoms with Crippen LogP contribution < -0.4 is 10.1 Å². The van der Waals surface area contributed by atoms with E-state index in [1.165, 1.54) is 0 Å². The average Bonchev–Trinajstić information content (AvgIpc) is 3.17. The molecule has 158 valence electrons. The molecular formula is C26H22N4O2. The van der Waals surface area contributed by atoms with Crippen molar-refractivity contribution in [2.45, 2.75) is 25.8 Å². The molecule has 0 fully saturated rings. The van der Waals surface area contributed by atoms with Gasteiger partial charge in [0.05, 0.1) is 23.3 Å². The van der Waals surface area contributed by atoms with E-state index < -0.39 is 0 Å².